The average molecular weight is 291 g/mol. The van der Waals surface area contributed by atoms with Crippen molar-refractivity contribution in [1.82, 2.24) is 0 Å². The molecule has 1 aromatic heterocycles. The van der Waals surface area contributed by atoms with Crippen molar-refractivity contribution in [2.24, 2.45) is 0 Å². The second-order valence-electron chi connectivity index (χ2n) is 3.57. The molecule has 0 saturated carbocycles. The van der Waals surface area contributed by atoms with Gasteiger partial charge in [0, 0.05) is 18.7 Å². The van der Waals surface area contributed by atoms with Gasteiger partial charge in [0.2, 0.25) is 0 Å². The van der Waals surface area contributed by atoms with Crippen LogP contribution < -0.4 is 5.32 Å². The van der Waals surface area contributed by atoms with Gasteiger partial charge in [-0.05, 0) is 52.3 Å². The first-order valence-corrected chi connectivity index (χ1v) is 6.05. The van der Waals surface area contributed by atoms with Crippen molar-refractivity contribution in [3.8, 4) is 6.07 Å². The van der Waals surface area contributed by atoms with Gasteiger partial charge in [0.25, 0.3) is 0 Å². The van der Waals surface area contributed by atoms with Gasteiger partial charge in [0.15, 0.2) is 4.67 Å². The number of nitrogens with zero attached hydrogens (tertiary/aromatic N) is 1. The molecule has 17 heavy (non-hydrogen) atoms. The van der Waals surface area contributed by atoms with Crippen LogP contribution in [0.1, 0.15) is 11.3 Å². The monoisotopic (exact) mass is 290 g/mol. The molecule has 0 atom stereocenters. The second kappa shape index (κ2) is 5.55. The van der Waals surface area contributed by atoms with E-state index in [0.29, 0.717) is 5.56 Å². The van der Waals surface area contributed by atoms with E-state index < -0.39 is 0 Å². The number of benzene rings is 1. The molecular weight excluding hydrogens is 280 g/mol. The minimum atomic E-state index is 0.672. The maximum absolute atomic E-state index is 8.67. The van der Waals surface area contributed by atoms with Crippen molar-refractivity contribution in [1.29, 1.82) is 5.26 Å². The lowest BCUT2D eigenvalue weighted by atomic mass is 10.2. The number of hydrogen-bond acceptors (Lipinski definition) is 3. The third-order valence-electron chi connectivity index (χ3n) is 2.34. The highest BCUT2D eigenvalue weighted by atomic mass is 79.9. The fourth-order valence-corrected chi connectivity index (χ4v) is 1.82. The summed E-state index contributed by atoms with van der Waals surface area (Å²) in [7, 11) is 0. The van der Waals surface area contributed by atoms with Gasteiger partial charge in [-0.15, -0.1) is 0 Å². The van der Waals surface area contributed by atoms with Crippen LogP contribution >= 0.6 is 15.9 Å². The Bertz CT molecular complexity index is 525. The first-order chi connectivity index (χ1) is 8.28. The number of furan rings is 1. The zero-order chi connectivity index (χ0) is 12.1. The molecule has 0 spiro atoms. The van der Waals surface area contributed by atoms with Crippen LogP contribution in [0.15, 0.2) is 45.5 Å². The van der Waals surface area contributed by atoms with E-state index in [-0.39, 0.29) is 0 Å². The molecule has 0 aliphatic heterocycles. The van der Waals surface area contributed by atoms with Crippen LogP contribution in [-0.4, -0.2) is 6.54 Å². The number of nitriles is 1. The quantitative estimate of drug-likeness (QED) is 0.936. The van der Waals surface area contributed by atoms with Gasteiger partial charge in [0.05, 0.1) is 11.6 Å². The molecule has 4 heteroatoms. The molecule has 86 valence electrons. The molecular formula is C13H11BrN2O. The van der Waals surface area contributed by atoms with Gasteiger partial charge in [0.1, 0.15) is 5.76 Å². The molecule has 0 radical (unpaired) electrons. The lowest BCUT2D eigenvalue weighted by molar-refractivity contribution is 0.491. The van der Waals surface area contributed by atoms with Crippen LogP contribution in [0.25, 0.3) is 0 Å². The van der Waals surface area contributed by atoms with Crippen molar-refractivity contribution < 1.29 is 4.42 Å². The fourth-order valence-electron chi connectivity index (χ4n) is 1.48. The van der Waals surface area contributed by atoms with Crippen LogP contribution in [0.2, 0.25) is 0 Å². The Morgan fingerprint density at radius 2 is 1.94 bits per heavy atom. The molecule has 0 aliphatic rings. The number of nitrogens with one attached hydrogen (secondary N) is 1. The highest BCUT2D eigenvalue weighted by Gasteiger charge is 1.99. The van der Waals surface area contributed by atoms with Gasteiger partial charge in [-0.1, -0.05) is 0 Å². The second-order valence-corrected chi connectivity index (χ2v) is 4.35. The largest absolute Gasteiger partial charge is 0.454 e. The van der Waals surface area contributed by atoms with E-state index in [2.05, 4.69) is 27.3 Å². The zero-order valence-corrected chi connectivity index (χ0v) is 10.7. The van der Waals surface area contributed by atoms with E-state index >= 15 is 0 Å². The van der Waals surface area contributed by atoms with E-state index in [4.69, 9.17) is 9.68 Å². The maximum atomic E-state index is 8.67. The molecule has 0 unspecified atom stereocenters. The lowest BCUT2D eigenvalue weighted by Gasteiger charge is -2.04. The highest BCUT2D eigenvalue weighted by molar-refractivity contribution is 9.10. The fraction of sp³-hybridized carbons (Fsp3) is 0.154. The normalized spacial score (nSPS) is 9.88. The molecule has 0 saturated heterocycles. The molecule has 2 rings (SSSR count). The van der Waals surface area contributed by atoms with Crippen LogP contribution in [-0.2, 0) is 6.42 Å². The Kier molecular flexibility index (Phi) is 3.84. The molecule has 1 N–H and O–H groups in total. The van der Waals surface area contributed by atoms with Crippen LogP contribution in [0, 0.1) is 11.3 Å². The molecule has 1 aromatic carbocycles. The van der Waals surface area contributed by atoms with Crippen LogP contribution in [0.3, 0.4) is 0 Å². The topological polar surface area (TPSA) is 49.0 Å². The molecule has 0 amide bonds. The van der Waals surface area contributed by atoms with Crippen molar-refractivity contribution >= 4 is 21.6 Å². The Balaban J connectivity index is 1.84. The molecule has 1 heterocycles. The van der Waals surface area contributed by atoms with Crippen LogP contribution in [0.4, 0.5) is 5.69 Å². The minimum absolute atomic E-state index is 0.672. The summed E-state index contributed by atoms with van der Waals surface area (Å²) in [5.41, 5.74) is 1.68. The predicted molar refractivity (Wildman–Crippen MR) is 69.8 cm³/mol. The van der Waals surface area contributed by atoms with Gasteiger partial charge >= 0.3 is 0 Å². The van der Waals surface area contributed by atoms with E-state index in [1.807, 2.05) is 24.3 Å². The standard InChI is InChI=1S/C13H11BrN2O/c14-13-6-5-12(17-13)7-8-16-11-3-1-10(9-15)2-4-11/h1-6,16H,7-8H2. The first kappa shape index (κ1) is 11.7. The smallest absolute Gasteiger partial charge is 0.169 e. The Morgan fingerprint density at radius 3 is 2.53 bits per heavy atom. The average Bonchev–Trinajstić information content (AvgIpc) is 2.76. The third-order valence-corrected chi connectivity index (χ3v) is 2.77. The summed E-state index contributed by atoms with van der Waals surface area (Å²) in [6.45, 7) is 0.797. The number of halogens is 1. The molecule has 0 bridgehead atoms. The minimum Gasteiger partial charge on any atom is -0.454 e. The molecule has 0 fully saturated rings. The van der Waals surface area contributed by atoms with Gasteiger partial charge in [-0.2, -0.15) is 5.26 Å². The number of rotatable bonds is 4. The van der Waals surface area contributed by atoms with Gasteiger partial charge in [-0.25, -0.2) is 0 Å². The SMILES string of the molecule is N#Cc1ccc(NCCc2ccc(Br)o2)cc1. The summed E-state index contributed by atoms with van der Waals surface area (Å²) in [5, 5.41) is 11.9. The number of anilines is 1. The highest BCUT2D eigenvalue weighted by Crippen LogP contribution is 2.15. The summed E-state index contributed by atoms with van der Waals surface area (Å²) in [6, 6.07) is 13.3. The summed E-state index contributed by atoms with van der Waals surface area (Å²) in [4.78, 5) is 0. The van der Waals surface area contributed by atoms with E-state index in [1.165, 1.54) is 0 Å². The van der Waals surface area contributed by atoms with Crippen molar-refractivity contribution in [2.75, 3.05) is 11.9 Å². The van der Waals surface area contributed by atoms with E-state index in [9.17, 15) is 0 Å². The molecule has 3 nitrogen and oxygen atoms in total. The van der Waals surface area contributed by atoms with E-state index in [0.717, 1.165) is 29.1 Å². The third kappa shape index (κ3) is 3.36. The van der Waals surface area contributed by atoms with E-state index in [1.54, 1.807) is 12.1 Å². The Morgan fingerprint density at radius 1 is 1.18 bits per heavy atom. The lowest BCUT2D eigenvalue weighted by Crippen LogP contribution is -2.03. The first-order valence-electron chi connectivity index (χ1n) is 5.26. The molecule has 0 aliphatic carbocycles. The Hall–Kier alpha value is -1.73. The van der Waals surface area contributed by atoms with Gasteiger partial charge < -0.3 is 9.73 Å². The Labute approximate surface area is 108 Å². The summed E-state index contributed by atoms with van der Waals surface area (Å²) in [6.07, 6.45) is 0.825. The zero-order valence-electron chi connectivity index (χ0n) is 9.11. The number of hydrogen-bond donors (Lipinski definition) is 1. The molecule has 2 aromatic rings. The van der Waals surface area contributed by atoms with Crippen molar-refractivity contribution in [2.45, 2.75) is 6.42 Å². The summed E-state index contributed by atoms with van der Waals surface area (Å²) < 4.78 is 6.15. The maximum Gasteiger partial charge on any atom is 0.169 e. The van der Waals surface area contributed by atoms with Gasteiger partial charge in [-0.3, -0.25) is 0 Å². The summed E-state index contributed by atoms with van der Waals surface area (Å²) in [5.74, 6) is 0.943. The summed E-state index contributed by atoms with van der Waals surface area (Å²) >= 11 is 3.27. The van der Waals surface area contributed by atoms with Crippen LogP contribution in [0.5, 0.6) is 0 Å². The van der Waals surface area contributed by atoms with Crippen molar-refractivity contribution in [3.05, 3.63) is 52.4 Å². The predicted octanol–water partition coefficient (Wildman–Crippen LogP) is 3.57. The van der Waals surface area contributed by atoms with Crippen molar-refractivity contribution in [3.63, 3.8) is 0 Å².